The number of alkyl halides is 1. The van der Waals surface area contributed by atoms with Crippen molar-refractivity contribution in [1.82, 2.24) is 0 Å². The zero-order chi connectivity index (χ0) is 11.5. The van der Waals surface area contributed by atoms with Gasteiger partial charge in [-0.2, -0.15) is 0 Å². The topological polar surface area (TPSA) is 52.4 Å². The van der Waals surface area contributed by atoms with Gasteiger partial charge in [-0.3, -0.25) is 10.1 Å². The van der Waals surface area contributed by atoms with Crippen molar-refractivity contribution >= 4 is 21.6 Å². The number of ether oxygens (including phenoxy) is 1. The Labute approximate surface area is 102 Å². The molecule has 4 nitrogen and oxygen atoms in total. The normalized spacial score (nSPS) is 24.6. The molecule has 0 radical (unpaired) electrons. The maximum atomic E-state index is 10.9. The Morgan fingerprint density at radius 2 is 2.25 bits per heavy atom. The number of hydrogen-bond acceptors (Lipinski definition) is 3. The standard InChI is InChI=1S/C11H12BrNO3/c12-6-9-5-8(7-16-9)10-3-1-2-4-11(10)13(14)15/h1-4,8-9H,5-7H2. The zero-order valence-electron chi connectivity index (χ0n) is 8.64. The molecular formula is C11H12BrNO3. The molecule has 1 aromatic rings. The summed E-state index contributed by atoms with van der Waals surface area (Å²) in [5, 5.41) is 11.7. The van der Waals surface area contributed by atoms with E-state index in [1.165, 1.54) is 0 Å². The third-order valence-electron chi connectivity index (χ3n) is 2.83. The molecule has 1 aliphatic heterocycles. The Kier molecular flexibility index (Phi) is 3.56. The molecule has 0 aromatic heterocycles. The van der Waals surface area contributed by atoms with E-state index < -0.39 is 0 Å². The van der Waals surface area contributed by atoms with Crippen LogP contribution >= 0.6 is 15.9 Å². The highest BCUT2D eigenvalue weighted by Gasteiger charge is 2.30. The summed E-state index contributed by atoms with van der Waals surface area (Å²) in [7, 11) is 0. The smallest absolute Gasteiger partial charge is 0.272 e. The van der Waals surface area contributed by atoms with E-state index in [1.54, 1.807) is 12.1 Å². The van der Waals surface area contributed by atoms with Gasteiger partial charge in [0.15, 0.2) is 0 Å². The maximum absolute atomic E-state index is 10.9. The van der Waals surface area contributed by atoms with Crippen molar-refractivity contribution in [1.29, 1.82) is 0 Å². The molecule has 1 fully saturated rings. The summed E-state index contributed by atoms with van der Waals surface area (Å²) in [6.07, 6.45) is 1.01. The first-order chi connectivity index (χ1) is 7.72. The van der Waals surface area contributed by atoms with Crippen molar-refractivity contribution < 1.29 is 9.66 Å². The third kappa shape index (κ3) is 2.25. The molecule has 0 saturated carbocycles. The lowest BCUT2D eigenvalue weighted by atomic mass is 9.95. The fraction of sp³-hybridized carbons (Fsp3) is 0.455. The van der Waals surface area contributed by atoms with Crippen LogP contribution in [-0.4, -0.2) is 23.0 Å². The molecule has 16 heavy (non-hydrogen) atoms. The predicted molar refractivity (Wildman–Crippen MR) is 64.0 cm³/mol. The van der Waals surface area contributed by atoms with Crippen LogP contribution in [0.5, 0.6) is 0 Å². The zero-order valence-corrected chi connectivity index (χ0v) is 10.2. The van der Waals surface area contributed by atoms with Crippen LogP contribution in [0.4, 0.5) is 5.69 Å². The van der Waals surface area contributed by atoms with Gasteiger partial charge in [0.05, 0.1) is 17.6 Å². The Morgan fingerprint density at radius 3 is 2.88 bits per heavy atom. The highest BCUT2D eigenvalue weighted by atomic mass is 79.9. The van der Waals surface area contributed by atoms with Gasteiger partial charge in [-0.05, 0) is 6.42 Å². The Hall–Kier alpha value is -0.940. The lowest BCUT2D eigenvalue weighted by molar-refractivity contribution is -0.385. The van der Waals surface area contributed by atoms with Gasteiger partial charge in [0.1, 0.15) is 0 Å². The van der Waals surface area contributed by atoms with Crippen molar-refractivity contribution in [2.45, 2.75) is 18.4 Å². The monoisotopic (exact) mass is 285 g/mol. The predicted octanol–water partition coefficient (Wildman–Crippen LogP) is 2.86. The molecule has 1 aromatic carbocycles. The van der Waals surface area contributed by atoms with E-state index in [0.717, 1.165) is 17.3 Å². The number of hydrogen-bond donors (Lipinski definition) is 0. The van der Waals surface area contributed by atoms with Gasteiger partial charge in [-0.1, -0.05) is 34.1 Å². The fourth-order valence-electron chi connectivity index (χ4n) is 2.03. The lowest BCUT2D eigenvalue weighted by Crippen LogP contribution is -2.05. The summed E-state index contributed by atoms with van der Waals surface area (Å²) in [5.41, 5.74) is 0.988. The third-order valence-corrected chi connectivity index (χ3v) is 3.55. The molecule has 5 heteroatoms. The second-order valence-corrected chi connectivity index (χ2v) is 4.51. The molecule has 0 N–H and O–H groups in total. The molecule has 86 valence electrons. The van der Waals surface area contributed by atoms with E-state index in [-0.39, 0.29) is 22.6 Å². The molecule has 1 heterocycles. The van der Waals surface area contributed by atoms with E-state index in [0.29, 0.717) is 6.61 Å². The van der Waals surface area contributed by atoms with E-state index in [4.69, 9.17) is 4.74 Å². The van der Waals surface area contributed by atoms with Gasteiger partial charge >= 0.3 is 0 Å². The fourth-order valence-corrected chi connectivity index (χ4v) is 2.48. The Balaban J connectivity index is 2.24. The Bertz CT molecular complexity index is 397. The van der Waals surface area contributed by atoms with Gasteiger partial charge in [-0.25, -0.2) is 0 Å². The first-order valence-corrected chi connectivity index (χ1v) is 6.25. The summed E-state index contributed by atoms with van der Waals surface area (Å²) >= 11 is 3.36. The van der Waals surface area contributed by atoms with Crippen LogP contribution in [0.25, 0.3) is 0 Å². The molecule has 2 rings (SSSR count). The van der Waals surface area contributed by atoms with Crippen LogP contribution in [0.15, 0.2) is 24.3 Å². The van der Waals surface area contributed by atoms with Crippen molar-refractivity contribution in [3.05, 3.63) is 39.9 Å². The number of benzene rings is 1. The first kappa shape index (κ1) is 11.5. The number of nitro groups is 1. The second kappa shape index (κ2) is 4.93. The quantitative estimate of drug-likeness (QED) is 0.487. The molecule has 0 aliphatic carbocycles. The second-order valence-electron chi connectivity index (χ2n) is 3.86. The number of halogens is 1. The van der Waals surface area contributed by atoms with Crippen LogP contribution in [-0.2, 0) is 4.74 Å². The number of nitro benzene ring substituents is 1. The molecule has 2 atom stereocenters. The average Bonchev–Trinajstić information content (AvgIpc) is 2.77. The first-order valence-electron chi connectivity index (χ1n) is 5.13. The largest absolute Gasteiger partial charge is 0.377 e. The SMILES string of the molecule is O=[N+]([O-])c1ccccc1C1COC(CBr)C1. The van der Waals surface area contributed by atoms with E-state index >= 15 is 0 Å². The van der Waals surface area contributed by atoms with Crippen molar-refractivity contribution in [2.75, 3.05) is 11.9 Å². The van der Waals surface area contributed by atoms with Crippen molar-refractivity contribution in [3.8, 4) is 0 Å². The molecule has 0 bridgehead atoms. The highest BCUT2D eigenvalue weighted by molar-refractivity contribution is 9.09. The van der Waals surface area contributed by atoms with Crippen LogP contribution in [0.1, 0.15) is 17.9 Å². The minimum absolute atomic E-state index is 0.143. The summed E-state index contributed by atoms with van der Waals surface area (Å²) in [4.78, 5) is 10.6. The van der Waals surface area contributed by atoms with Crippen LogP contribution in [0, 0.1) is 10.1 Å². The summed E-state index contributed by atoms with van der Waals surface area (Å²) in [6, 6.07) is 6.91. The number of rotatable bonds is 3. The lowest BCUT2D eigenvalue weighted by Gasteiger charge is -2.08. The summed E-state index contributed by atoms with van der Waals surface area (Å²) < 4.78 is 5.53. The summed E-state index contributed by atoms with van der Waals surface area (Å²) in [5.74, 6) is 0.143. The minimum Gasteiger partial charge on any atom is -0.377 e. The molecule has 0 amide bonds. The molecular weight excluding hydrogens is 274 g/mol. The van der Waals surface area contributed by atoms with E-state index in [2.05, 4.69) is 15.9 Å². The van der Waals surface area contributed by atoms with Crippen molar-refractivity contribution in [2.24, 2.45) is 0 Å². The van der Waals surface area contributed by atoms with Crippen LogP contribution in [0.2, 0.25) is 0 Å². The maximum Gasteiger partial charge on any atom is 0.272 e. The minimum atomic E-state index is -0.323. The van der Waals surface area contributed by atoms with E-state index in [9.17, 15) is 10.1 Å². The molecule has 1 saturated heterocycles. The van der Waals surface area contributed by atoms with Gasteiger partial charge in [0.2, 0.25) is 0 Å². The van der Waals surface area contributed by atoms with Gasteiger partial charge < -0.3 is 4.74 Å². The average molecular weight is 286 g/mol. The number of nitrogens with zero attached hydrogens (tertiary/aromatic N) is 1. The van der Waals surface area contributed by atoms with Crippen molar-refractivity contribution in [3.63, 3.8) is 0 Å². The highest BCUT2D eigenvalue weighted by Crippen LogP contribution is 2.34. The van der Waals surface area contributed by atoms with Gasteiger partial charge in [0, 0.05) is 22.9 Å². The van der Waals surface area contributed by atoms with E-state index in [1.807, 2.05) is 12.1 Å². The Morgan fingerprint density at radius 1 is 1.50 bits per heavy atom. The summed E-state index contributed by atoms with van der Waals surface area (Å²) in [6.45, 7) is 0.571. The molecule has 1 aliphatic rings. The van der Waals surface area contributed by atoms with Crippen LogP contribution in [0.3, 0.4) is 0 Å². The van der Waals surface area contributed by atoms with Gasteiger partial charge in [-0.15, -0.1) is 0 Å². The molecule has 0 spiro atoms. The molecule has 2 unspecified atom stereocenters. The number of para-hydroxylation sites is 1. The van der Waals surface area contributed by atoms with Crippen LogP contribution < -0.4 is 0 Å². The van der Waals surface area contributed by atoms with Gasteiger partial charge in [0.25, 0.3) is 5.69 Å².